The van der Waals surface area contributed by atoms with Crippen molar-refractivity contribution in [3.8, 4) is 11.4 Å². The molecule has 0 radical (unpaired) electrons. The van der Waals surface area contributed by atoms with Crippen molar-refractivity contribution in [2.75, 3.05) is 13.7 Å². The van der Waals surface area contributed by atoms with Gasteiger partial charge < -0.3 is 15.4 Å². The molecule has 9 heteroatoms. The van der Waals surface area contributed by atoms with Gasteiger partial charge in [-0.2, -0.15) is 0 Å². The second kappa shape index (κ2) is 10.3. The predicted molar refractivity (Wildman–Crippen MR) is 138 cm³/mol. The lowest BCUT2D eigenvalue weighted by Gasteiger charge is -2.34. The molecule has 184 valence electrons. The van der Waals surface area contributed by atoms with Gasteiger partial charge in [0, 0.05) is 36.3 Å². The summed E-state index contributed by atoms with van der Waals surface area (Å²) in [4.78, 5) is 28.2. The minimum Gasteiger partial charge on any atom is -0.496 e. The van der Waals surface area contributed by atoms with E-state index in [4.69, 9.17) is 4.74 Å². The average molecular weight is 486 g/mol. The van der Waals surface area contributed by atoms with Crippen LogP contribution in [0.25, 0.3) is 16.6 Å². The molecule has 4 aromatic rings. The highest BCUT2D eigenvalue weighted by Crippen LogP contribution is 2.26. The van der Waals surface area contributed by atoms with Gasteiger partial charge in [0.1, 0.15) is 12.1 Å². The van der Waals surface area contributed by atoms with Crippen LogP contribution in [0.3, 0.4) is 0 Å². The van der Waals surface area contributed by atoms with Gasteiger partial charge in [0.05, 0.1) is 28.6 Å². The summed E-state index contributed by atoms with van der Waals surface area (Å²) < 4.78 is 7.00. The molecule has 2 atom stereocenters. The summed E-state index contributed by atoms with van der Waals surface area (Å²) in [5.74, 6) is 0.712. The number of methoxy groups -OCH3 is 1. The maximum atomic E-state index is 13.2. The smallest absolute Gasteiger partial charge is 0.270 e. The molecule has 36 heavy (non-hydrogen) atoms. The highest BCUT2D eigenvalue weighted by atomic mass is 16.6. The number of aromatic nitrogens is 2. The number of hydrogen-bond donors (Lipinski definition) is 2. The molecular formula is C27H27N5O4. The average Bonchev–Trinajstić information content (AvgIpc) is 2.92. The van der Waals surface area contributed by atoms with E-state index in [0.29, 0.717) is 23.5 Å². The molecule has 0 aliphatic carbocycles. The number of nitro groups is 1. The fraction of sp³-hybridized carbons (Fsp3) is 0.259. The van der Waals surface area contributed by atoms with Gasteiger partial charge in [-0.3, -0.25) is 19.5 Å². The molecule has 0 amide bonds. The first-order chi connectivity index (χ1) is 17.5. The van der Waals surface area contributed by atoms with Gasteiger partial charge in [-0.05, 0) is 49.2 Å². The third-order valence-corrected chi connectivity index (χ3v) is 6.67. The number of nitrogens with zero attached hydrogens (tertiary/aromatic N) is 3. The zero-order valence-corrected chi connectivity index (χ0v) is 19.9. The number of fused-ring (bicyclic) bond motifs is 1. The Bertz CT molecular complexity index is 1450. The van der Waals surface area contributed by atoms with Gasteiger partial charge in [0.25, 0.3) is 11.2 Å². The van der Waals surface area contributed by atoms with Crippen molar-refractivity contribution >= 4 is 16.6 Å². The van der Waals surface area contributed by atoms with Gasteiger partial charge >= 0.3 is 0 Å². The molecule has 0 bridgehead atoms. The summed E-state index contributed by atoms with van der Waals surface area (Å²) in [6.45, 7) is 1.53. The third-order valence-electron chi connectivity index (χ3n) is 6.67. The molecule has 1 fully saturated rings. The van der Waals surface area contributed by atoms with Gasteiger partial charge in [0.2, 0.25) is 0 Å². The van der Waals surface area contributed by atoms with Crippen LogP contribution in [0, 0.1) is 10.1 Å². The van der Waals surface area contributed by atoms with Gasteiger partial charge in [-0.15, -0.1) is 0 Å². The summed E-state index contributed by atoms with van der Waals surface area (Å²) in [5, 5.41) is 18.7. The van der Waals surface area contributed by atoms with E-state index in [1.54, 1.807) is 13.2 Å². The highest BCUT2D eigenvalue weighted by Gasteiger charge is 2.26. The molecule has 1 saturated heterocycles. The molecule has 0 saturated carbocycles. The lowest BCUT2D eigenvalue weighted by Crippen LogP contribution is -2.45. The fourth-order valence-corrected chi connectivity index (χ4v) is 4.82. The summed E-state index contributed by atoms with van der Waals surface area (Å²) in [6, 6.07) is 20.5. The predicted octanol–water partition coefficient (Wildman–Crippen LogP) is 3.89. The summed E-state index contributed by atoms with van der Waals surface area (Å²) >= 11 is 0. The van der Waals surface area contributed by atoms with Crippen molar-refractivity contribution in [3.05, 3.63) is 105 Å². The summed E-state index contributed by atoms with van der Waals surface area (Å²) in [6.07, 6.45) is 3.58. The minimum absolute atomic E-state index is 0.146. The van der Waals surface area contributed by atoms with Crippen molar-refractivity contribution in [2.24, 2.45) is 0 Å². The molecule has 2 unspecified atom stereocenters. The maximum Gasteiger partial charge on any atom is 0.270 e. The fourth-order valence-electron chi connectivity index (χ4n) is 4.82. The number of hydrogen-bond acceptors (Lipinski definition) is 7. The van der Waals surface area contributed by atoms with E-state index in [9.17, 15) is 14.9 Å². The zero-order chi connectivity index (χ0) is 25.1. The van der Waals surface area contributed by atoms with Crippen LogP contribution in [0.1, 0.15) is 30.0 Å². The number of nitro benzene ring substituents is 1. The molecule has 2 heterocycles. The van der Waals surface area contributed by atoms with Crippen LogP contribution in [0.4, 0.5) is 5.69 Å². The Balaban J connectivity index is 1.44. The number of ether oxygens (including phenoxy) is 1. The lowest BCUT2D eigenvalue weighted by molar-refractivity contribution is -0.384. The van der Waals surface area contributed by atoms with Crippen molar-refractivity contribution < 1.29 is 9.66 Å². The molecule has 3 aromatic carbocycles. The Kier molecular flexibility index (Phi) is 6.75. The Morgan fingerprint density at radius 3 is 2.78 bits per heavy atom. The normalized spacial score (nSPS) is 17.7. The van der Waals surface area contributed by atoms with Crippen LogP contribution in [0.5, 0.6) is 5.75 Å². The number of rotatable bonds is 7. The van der Waals surface area contributed by atoms with E-state index in [1.165, 1.54) is 34.7 Å². The van der Waals surface area contributed by atoms with Crippen LogP contribution in [0.2, 0.25) is 0 Å². The topological polar surface area (TPSA) is 111 Å². The van der Waals surface area contributed by atoms with E-state index < -0.39 is 4.92 Å². The Labute approximate surface area is 207 Å². The van der Waals surface area contributed by atoms with Crippen molar-refractivity contribution in [1.82, 2.24) is 20.2 Å². The maximum absolute atomic E-state index is 13.2. The number of non-ortho nitro benzene ring substituents is 1. The van der Waals surface area contributed by atoms with Crippen LogP contribution in [-0.4, -0.2) is 34.2 Å². The summed E-state index contributed by atoms with van der Waals surface area (Å²) in [5.41, 5.74) is 2.66. The Hall–Kier alpha value is -4.08. The molecule has 0 spiro atoms. The highest BCUT2D eigenvalue weighted by molar-refractivity contribution is 5.80. The number of benzene rings is 3. The van der Waals surface area contributed by atoms with E-state index in [0.717, 1.165) is 24.9 Å². The van der Waals surface area contributed by atoms with E-state index >= 15 is 0 Å². The van der Waals surface area contributed by atoms with E-state index in [1.807, 2.05) is 18.2 Å². The second-order valence-electron chi connectivity index (χ2n) is 8.85. The molecule has 2 N–H and O–H groups in total. The SMILES string of the molecule is COc1ccc(-n2cnc3ccc([N+](=O)[O-])cc3c2=O)cc1CNC1CCCNC1c1ccccc1. The quantitative estimate of drug-likeness (QED) is 0.302. The zero-order valence-electron chi connectivity index (χ0n) is 19.9. The molecule has 1 aliphatic rings. The van der Waals surface area contributed by atoms with Gasteiger partial charge in [0.15, 0.2) is 0 Å². The van der Waals surface area contributed by atoms with E-state index in [2.05, 4.69) is 39.9 Å². The largest absolute Gasteiger partial charge is 0.496 e. The molecule has 9 nitrogen and oxygen atoms in total. The van der Waals surface area contributed by atoms with Crippen molar-refractivity contribution in [1.29, 1.82) is 0 Å². The monoisotopic (exact) mass is 485 g/mol. The molecular weight excluding hydrogens is 458 g/mol. The van der Waals surface area contributed by atoms with Crippen LogP contribution in [-0.2, 0) is 6.54 Å². The van der Waals surface area contributed by atoms with Crippen molar-refractivity contribution in [3.63, 3.8) is 0 Å². The Morgan fingerprint density at radius 2 is 2.00 bits per heavy atom. The standard InChI is InChI=1S/C27H27N5O4/c1-36-25-12-10-20(31-17-30-23-11-9-21(32(34)35)15-22(23)27(31)33)14-19(25)16-29-24-8-5-13-28-26(24)18-6-3-2-4-7-18/h2-4,6-7,9-12,14-15,17,24,26,28-29H,5,8,13,16H2,1H3. The van der Waals surface area contributed by atoms with Gasteiger partial charge in [-0.25, -0.2) is 4.98 Å². The van der Waals surface area contributed by atoms with Crippen LogP contribution < -0.4 is 20.9 Å². The van der Waals surface area contributed by atoms with Crippen LogP contribution >= 0.6 is 0 Å². The lowest BCUT2D eigenvalue weighted by atomic mass is 9.92. The molecule has 5 rings (SSSR count). The first kappa shape index (κ1) is 23.7. The second-order valence-corrected chi connectivity index (χ2v) is 8.85. The third kappa shape index (κ3) is 4.71. The van der Waals surface area contributed by atoms with Crippen LogP contribution in [0.15, 0.2) is 77.9 Å². The molecule has 1 aliphatic heterocycles. The number of nitrogens with one attached hydrogen (secondary N) is 2. The first-order valence-corrected chi connectivity index (χ1v) is 11.9. The number of piperidine rings is 1. The summed E-state index contributed by atoms with van der Waals surface area (Å²) in [7, 11) is 1.62. The first-order valence-electron chi connectivity index (χ1n) is 11.9. The molecule has 1 aromatic heterocycles. The van der Waals surface area contributed by atoms with Gasteiger partial charge in [-0.1, -0.05) is 30.3 Å². The van der Waals surface area contributed by atoms with Crippen molar-refractivity contribution in [2.45, 2.75) is 31.5 Å². The Morgan fingerprint density at radius 1 is 1.17 bits per heavy atom. The van der Waals surface area contributed by atoms with E-state index in [-0.39, 0.29) is 28.7 Å². The minimum atomic E-state index is -0.518.